The fraction of sp³-hybridized carbons (Fsp3) is 0.304. The highest BCUT2D eigenvalue weighted by molar-refractivity contribution is 7.99. The van der Waals surface area contributed by atoms with Crippen molar-refractivity contribution in [1.29, 1.82) is 0 Å². The minimum Gasteiger partial charge on any atom is -0.497 e. The molecule has 1 heterocycles. The van der Waals surface area contributed by atoms with Crippen LogP contribution in [0.4, 0.5) is 0 Å². The Balaban J connectivity index is 2.17. The van der Waals surface area contributed by atoms with E-state index in [1.54, 1.807) is 11.7 Å². The van der Waals surface area contributed by atoms with E-state index < -0.39 is 5.69 Å². The summed E-state index contributed by atoms with van der Waals surface area (Å²) in [5, 5.41) is 0.682. The lowest BCUT2D eigenvalue weighted by atomic mass is 10.1. The van der Waals surface area contributed by atoms with Crippen LogP contribution in [0.25, 0.3) is 0 Å². The van der Waals surface area contributed by atoms with Gasteiger partial charge >= 0.3 is 5.69 Å². The quantitative estimate of drug-likeness (QED) is 0.609. The number of hydrogen-bond donors (Lipinski definition) is 1. The molecule has 5 nitrogen and oxygen atoms in total. The van der Waals surface area contributed by atoms with Crippen LogP contribution in [-0.4, -0.2) is 16.7 Å². The predicted molar refractivity (Wildman–Crippen MR) is 118 cm³/mol. The molecule has 29 heavy (non-hydrogen) atoms. The number of methoxy groups -OCH3 is 1. The van der Waals surface area contributed by atoms with Gasteiger partial charge in [0.2, 0.25) is 0 Å². The van der Waals surface area contributed by atoms with Crippen LogP contribution in [-0.2, 0) is 6.54 Å². The lowest BCUT2D eigenvalue weighted by Crippen LogP contribution is -2.34. The van der Waals surface area contributed by atoms with Gasteiger partial charge < -0.3 is 4.74 Å². The molecule has 0 unspecified atom stereocenters. The van der Waals surface area contributed by atoms with Gasteiger partial charge in [-0.05, 0) is 60.7 Å². The van der Waals surface area contributed by atoms with E-state index in [9.17, 15) is 9.59 Å². The van der Waals surface area contributed by atoms with Crippen LogP contribution in [0.15, 0.2) is 62.0 Å². The fourth-order valence-corrected chi connectivity index (χ4v) is 4.80. The lowest BCUT2D eigenvalue weighted by molar-refractivity contribution is 0.414. The van der Waals surface area contributed by atoms with E-state index in [2.05, 4.69) is 23.2 Å². The van der Waals surface area contributed by atoms with Crippen molar-refractivity contribution < 1.29 is 4.74 Å². The molecule has 0 aliphatic heterocycles. The second-order valence-corrected chi connectivity index (χ2v) is 8.56. The van der Waals surface area contributed by atoms with Crippen LogP contribution in [0.3, 0.4) is 0 Å². The summed E-state index contributed by atoms with van der Waals surface area (Å²) in [5.74, 6) is 0.705. The molecule has 1 aromatic heterocycles. The highest BCUT2D eigenvalue weighted by Crippen LogP contribution is 2.33. The zero-order chi connectivity index (χ0) is 21.1. The van der Waals surface area contributed by atoms with Gasteiger partial charge in [-0.3, -0.25) is 14.3 Å². The monoisotopic (exact) mass is 410 g/mol. The molecule has 0 saturated heterocycles. The van der Waals surface area contributed by atoms with E-state index in [4.69, 9.17) is 4.74 Å². The molecule has 0 spiro atoms. The van der Waals surface area contributed by atoms with Gasteiger partial charge in [-0.25, -0.2) is 4.79 Å². The largest absolute Gasteiger partial charge is 0.497 e. The minimum atomic E-state index is -0.408. The van der Waals surface area contributed by atoms with E-state index >= 15 is 0 Å². The van der Waals surface area contributed by atoms with Gasteiger partial charge in [0, 0.05) is 4.90 Å². The highest BCUT2D eigenvalue weighted by Gasteiger charge is 2.19. The first-order valence-electron chi connectivity index (χ1n) is 9.54. The summed E-state index contributed by atoms with van der Waals surface area (Å²) >= 11 is 1.47. The van der Waals surface area contributed by atoms with Crippen molar-refractivity contribution >= 4 is 11.8 Å². The number of aromatic amines is 1. The van der Waals surface area contributed by atoms with Crippen molar-refractivity contribution in [2.75, 3.05) is 7.11 Å². The average molecular weight is 411 g/mol. The number of H-pyrrole nitrogens is 1. The van der Waals surface area contributed by atoms with Crippen molar-refractivity contribution in [3.05, 3.63) is 85.6 Å². The standard InChI is InChI=1S/C23H26N2O3S/c1-14(2)20-21(26)24-23(27)25(13-17-7-6-8-18(12-17)28-5)22(20)29-19-10-15(3)9-16(4)11-19/h6-12,14H,13H2,1-5H3,(H,24,26,27). The van der Waals surface area contributed by atoms with Crippen LogP contribution < -0.4 is 16.0 Å². The van der Waals surface area contributed by atoms with Gasteiger partial charge in [-0.15, -0.1) is 0 Å². The molecule has 6 heteroatoms. The molecule has 0 fully saturated rings. The first kappa shape index (κ1) is 21.0. The van der Waals surface area contributed by atoms with Gasteiger partial charge in [0.15, 0.2) is 0 Å². The number of hydrogen-bond acceptors (Lipinski definition) is 4. The normalized spacial score (nSPS) is 11.1. The van der Waals surface area contributed by atoms with Crippen molar-refractivity contribution in [2.45, 2.75) is 50.1 Å². The Kier molecular flexibility index (Phi) is 6.33. The zero-order valence-electron chi connectivity index (χ0n) is 17.4. The summed E-state index contributed by atoms with van der Waals surface area (Å²) in [6, 6.07) is 13.9. The maximum absolute atomic E-state index is 12.8. The van der Waals surface area contributed by atoms with E-state index in [1.165, 1.54) is 11.8 Å². The lowest BCUT2D eigenvalue weighted by Gasteiger charge is -2.18. The molecule has 2 aromatic carbocycles. The maximum Gasteiger partial charge on any atom is 0.329 e. The smallest absolute Gasteiger partial charge is 0.329 e. The second-order valence-electron chi connectivity index (χ2n) is 7.50. The van der Waals surface area contributed by atoms with Crippen molar-refractivity contribution in [3.63, 3.8) is 0 Å². The molecule has 0 amide bonds. The third-order valence-corrected chi connectivity index (χ3v) is 5.75. The molecule has 0 aliphatic carbocycles. The Hall–Kier alpha value is -2.73. The molecule has 0 radical (unpaired) electrons. The summed E-state index contributed by atoms with van der Waals surface area (Å²) in [7, 11) is 1.61. The van der Waals surface area contributed by atoms with Crippen molar-refractivity contribution in [3.8, 4) is 5.75 Å². The summed E-state index contributed by atoms with van der Waals surface area (Å²) < 4.78 is 6.95. The number of nitrogens with one attached hydrogen (secondary N) is 1. The molecule has 3 aromatic rings. The third-order valence-electron chi connectivity index (χ3n) is 4.65. The van der Waals surface area contributed by atoms with E-state index in [1.807, 2.05) is 52.0 Å². The summed E-state index contributed by atoms with van der Waals surface area (Å²) in [5.41, 5.74) is 3.11. The summed E-state index contributed by atoms with van der Waals surface area (Å²) in [6.07, 6.45) is 0. The fourth-order valence-electron chi connectivity index (χ4n) is 3.39. The van der Waals surface area contributed by atoms with Crippen molar-refractivity contribution in [1.82, 2.24) is 9.55 Å². The van der Waals surface area contributed by atoms with Gasteiger partial charge in [-0.2, -0.15) is 0 Å². The molecular formula is C23H26N2O3S. The minimum absolute atomic E-state index is 0.0238. The Morgan fingerprint density at radius 2 is 1.76 bits per heavy atom. The predicted octanol–water partition coefficient (Wildman–Crippen LogP) is 4.48. The topological polar surface area (TPSA) is 64.1 Å². The first-order valence-corrected chi connectivity index (χ1v) is 10.4. The molecule has 152 valence electrons. The Labute approximate surface area is 174 Å². The number of nitrogens with zero attached hydrogens (tertiary/aromatic N) is 1. The van der Waals surface area contributed by atoms with Gasteiger partial charge in [0.1, 0.15) is 5.75 Å². The van der Waals surface area contributed by atoms with Crippen LogP contribution >= 0.6 is 11.8 Å². The Morgan fingerprint density at radius 3 is 2.38 bits per heavy atom. The Bertz CT molecular complexity index is 1130. The van der Waals surface area contributed by atoms with E-state index in [0.29, 0.717) is 17.1 Å². The zero-order valence-corrected chi connectivity index (χ0v) is 18.2. The van der Waals surface area contributed by atoms with Gasteiger partial charge in [0.25, 0.3) is 5.56 Å². The SMILES string of the molecule is COc1cccc(Cn2c(Sc3cc(C)cc(C)c3)c(C(C)C)c(=O)[nH]c2=O)c1. The molecule has 3 rings (SSSR count). The number of rotatable bonds is 6. The van der Waals surface area contributed by atoms with E-state index in [-0.39, 0.29) is 11.5 Å². The van der Waals surface area contributed by atoms with Crippen LogP contribution in [0.5, 0.6) is 5.75 Å². The molecular weight excluding hydrogens is 384 g/mol. The number of ether oxygens (including phenoxy) is 1. The summed E-state index contributed by atoms with van der Waals surface area (Å²) in [6.45, 7) is 8.37. The van der Waals surface area contributed by atoms with Gasteiger partial charge in [-0.1, -0.05) is 43.8 Å². The molecule has 0 saturated carbocycles. The first-order chi connectivity index (χ1) is 13.8. The molecule has 0 aliphatic rings. The molecule has 0 atom stereocenters. The second kappa shape index (κ2) is 8.74. The number of aryl methyl sites for hydroxylation is 2. The average Bonchev–Trinajstić information content (AvgIpc) is 2.63. The van der Waals surface area contributed by atoms with E-state index in [0.717, 1.165) is 27.3 Å². The van der Waals surface area contributed by atoms with Crippen LogP contribution in [0.1, 0.15) is 42.0 Å². The van der Waals surface area contributed by atoms with Crippen LogP contribution in [0.2, 0.25) is 0 Å². The maximum atomic E-state index is 12.8. The third kappa shape index (κ3) is 4.82. The van der Waals surface area contributed by atoms with Crippen molar-refractivity contribution in [2.24, 2.45) is 0 Å². The Morgan fingerprint density at radius 1 is 1.07 bits per heavy atom. The summed E-state index contributed by atoms with van der Waals surface area (Å²) in [4.78, 5) is 28.9. The highest BCUT2D eigenvalue weighted by atomic mass is 32.2. The number of benzene rings is 2. The van der Waals surface area contributed by atoms with Crippen LogP contribution in [0, 0.1) is 13.8 Å². The molecule has 0 bridgehead atoms. The molecule has 1 N–H and O–H groups in total. The van der Waals surface area contributed by atoms with Gasteiger partial charge in [0.05, 0.1) is 24.2 Å². The number of aromatic nitrogens is 2.